The Balaban J connectivity index is 2.34. The molecular formula is C12H16O4. The third kappa shape index (κ3) is 1.85. The predicted molar refractivity (Wildman–Crippen MR) is 57.2 cm³/mol. The standard InChI is InChI=1S/C12H16O4/c1-8-3-2-5-12(15,7-8)10-9(11(13)14)4-6-16-10/h4,6,8,15H,2-3,5,7H2,1H3,(H,13,14). The van der Waals surface area contributed by atoms with Gasteiger partial charge in [0.25, 0.3) is 0 Å². The van der Waals surface area contributed by atoms with Crippen molar-refractivity contribution in [2.75, 3.05) is 0 Å². The first-order chi connectivity index (χ1) is 7.53. The molecule has 1 heterocycles. The van der Waals surface area contributed by atoms with E-state index in [1.807, 2.05) is 0 Å². The zero-order valence-electron chi connectivity index (χ0n) is 9.27. The third-order valence-electron chi connectivity index (χ3n) is 3.29. The van der Waals surface area contributed by atoms with Crippen LogP contribution in [0.25, 0.3) is 0 Å². The molecule has 1 aromatic rings. The summed E-state index contributed by atoms with van der Waals surface area (Å²) in [5.74, 6) is -0.438. The SMILES string of the molecule is CC1CCCC(O)(c2occc2C(=O)O)C1. The van der Waals surface area contributed by atoms with Crippen molar-refractivity contribution in [3.05, 3.63) is 23.7 Å². The van der Waals surface area contributed by atoms with E-state index < -0.39 is 11.6 Å². The lowest BCUT2D eigenvalue weighted by Gasteiger charge is -2.34. The maximum atomic E-state index is 11.0. The predicted octanol–water partition coefficient (Wildman–Crippen LogP) is 2.38. The number of hydrogen-bond donors (Lipinski definition) is 2. The van der Waals surface area contributed by atoms with Gasteiger partial charge in [-0.1, -0.05) is 13.3 Å². The van der Waals surface area contributed by atoms with Gasteiger partial charge in [0.05, 0.1) is 6.26 Å². The van der Waals surface area contributed by atoms with E-state index in [4.69, 9.17) is 9.52 Å². The van der Waals surface area contributed by atoms with Crippen LogP contribution in [0.1, 0.15) is 48.7 Å². The van der Waals surface area contributed by atoms with Gasteiger partial charge in [-0.15, -0.1) is 0 Å². The van der Waals surface area contributed by atoms with Crippen LogP contribution in [0.4, 0.5) is 0 Å². The van der Waals surface area contributed by atoms with E-state index in [-0.39, 0.29) is 11.3 Å². The maximum absolute atomic E-state index is 11.0. The van der Waals surface area contributed by atoms with Crippen molar-refractivity contribution in [3.63, 3.8) is 0 Å². The van der Waals surface area contributed by atoms with Gasteiger partial charge < -0.3 is 14.6 Å². The fraction of sp³-hybridized carbons (Fsp3) is 0.583. The van der Waals surface area contributed by atoms with Crippen LogP contribution in [0.5, 0.6) is 0 Å². The van der Waals surface area contributed by atoms with E-state index in [2.05, 4.69) is 6.92 Å². The molecule has 2 atom stereocenters. The molecule has 0 amide bonds. The lowest BCUT2D eigenvalue weighted by Crippen LogP contribution is -2.32. The summed E-state index contributed by atoms with van der Waals surface area (Å²) in [6.07, 6.45) is 4.45. The lowest BCUT2D eigenvalue weighted by atomic mass is 9.77. The lowest BCUT2D eigenvalue weighted by molar-refractivity contribution is -0.0366. The van der Waals surface area contributed by atoms with Crippen LogP contribution in [-0.4, -0.2) is 16.2 Å². The quantitative estimate of drug-likeness (QED) is 0.809. The summed E-state index contributed by atoms with van der Waals surface area (Å²) in [6, 6.07) is 1.40. The fourth-order valence-electron chi connectivity index (χ4n) is 2.57. The van der Waals surface area contributed by atoms with Crippen molar-refractivity contribution in [1.29, 1.82) is 0 Å². The highest BCUT2D eigenvalue weighted by Crippen LogP contribution is 2.41. The Bertz CT molecular complexity index is 395. The minimum absolute atomic E-state index is 0.0802. The van der Waals surface area contributed by atoms with E-state index in [1.165, 1.54) is 12.3 Å². The van der Waals surface area contributed by atoms with Crippen molar-refractivity contribution >= 4 is 5.97 Å². The van der Waals surface area contributed by atoms with E-state index in [1.54, 1.807) is 0 Å². The van der Waals surface area contributed by atoms with Gasteiger partial charge >= 0.3 is 5.97 Å². The number of furan rings is 1. The second kappa shape index (κ2) is 3.94. The van der Waals surface area contributed by atoms with Crippen molar-refractivity contribution in [3.8, 4) is 0 Å². The first-order valence-electron chi connectivity index (χ1n) is 5.56. The molecule has 1 aliphatic rings. The van der Waals surface area contributed by atoms with Gasteiger partial charge in [0.15, 0.2) is 0 Å². The summed E-state index contributed by atoms with van der Waals surface area (Å²) in [7, 11) is 0. The Labute approximate surface area is 93.9 Å². The highest BCUT2D eigenvalue weighted by atomic mass is 16.4. The average molecular weight is 224 g/mol. The third-order valence-corrected chi connectivity index (χ3v) is 3.29. The molecule has 16 heavy (non-hydrogen) atoms. The van der Waals surface area contributed by atoms with E-state index in [9.17, 15) is 9.90 Å². The topological polar surface area (TPSA) is 70.7 Å². The molecule has 2 N–H and O–H groups in total. The van der Waals surface area contributed by atoms with Gasteiger partial charge in [-0.05, 0) is 31.2 Å². The van der Waals surface area contributed by atoms with Crippen LogP contribution < -0.4 is 0 Å². The summed E-state index contributed by atoms with van der Waals surface area (Å²) in [4.78, 5) is 11.0. The smallest absolute Gasteiger partial charge is 0.339 e. The molecule has 2 unspecified atom stereocenters. The second-order valence-electron chi connectivity index (χ2n) is 4.70. The van der Waals surface area contributed by atoms with Crippen LogP contribution >= 0.6 is 0 Å². The molecule has 1 aliphatic carbocycles. The molecule has 0 aliphatic heterocycles. The van der Waals surface area contributed by atoms with Gasteiger partial charge in [-0.25, -0.2) is 4.79 Å². The Morgan fingerprint density at radius 3 is 3.00 bits per heavy atom. The highest BCUT2D eigenvalue weighted by Gasteiger charge is 2.39. The number of hydrogen-bond acceptors (Lipinski definition) is 3. The number of carboxylic acids is 1. The Kier molecular flexibility index (Phi) is 2.76. The van der Waals surface area contributed by atoms with Crippen molar-refractivity contribution in [2.45, 2.75) is 38.2 Å². The molecular weight excluding hydrogens is 208 g/mol. The van der Waals surface area contributed by atoms with Crippen molar-refractivity contribution < 1.29 is 19.4 Å². The molecule has 88 valence electrons. The van der Waals surface area contributed by atoms with Gasteiger partial charge in [0.1, 0.15) is 16.9 Å². The highest BCUT2D eigenvalue weighted by molar-refractivity contribution is 5.89. The van der Waals surface area contributed by atoms with E-state index in [0.717, 1.165) is 12.8 Å². The second-order valence-corrected chi connectivity index (χ2v) is 4.70. The number of aromatic carboxylic acids is 1. The van der Waals surface area contributed by atoms with Gasteiger partial charge in [0.2, 0.25) is 0 Å². The Morgan fingerprint density at radius 1 is 1.62 bits per heavy atom. The van der Waals surface area contributed by atoms with Crippen molar-refractivity contribution in [2.24, 2.45) is 5.92 Å². The molecule has 1 fully saturated rings. The fourth-order valence-corrected chi connectivity index (χ4v) is 2.57. The zero-order valence-corrected chi connectivity index (χ0v) is 9.27. The van der Waals surface area contributed by atoms with E-state index >= 15 is 0 Å². The molecule has 0 bridgehead atoms. The van der Waals surface area contributed by atoms with Crippen LogP contribution in [-0.2, 0) is 5.60 Å². The van der Waals surface area contributed by atoms with Crippen molar-refractivity contribution in [1.82, 2.24) is 0 Å². The first kappa shape index (κ1) is 11.2. The maximum Gasteiger partial charge on any atom is 0.339 e. The number of carboxylic acid groups (broad SMARTS) is 1. The van der Waals surface area contributed by atoms with Crippen LogP contribution in [0.15, 0.2) is 16.7 Å². The minimum Gasteiger partial charge on any atom is -0.478 e. The monoisotopic (exact) mass is 224 g/mol. The van der Waals surface area contributed by atoms with Crippen LogP contribution in [0, 0.1) is 5.92 Å². The summed E-state index contributed by atoms with van der Waals surface area (Å²) in [6.45, 7) is 2.06. The average Bonchev–Trinajstić information content (AvgIpc) is 2.65. The summed E-state index contributed by atoms with van der Waals surface area (Å²) < 4.78 is 5.19. The number of rotatable bonds is 2. The number of carbonyl (C=O) groups is 1. The largest absolute Gasteiger partial charge is 0.478 e. The van der Waals surface area contributed by atoms with Gasteiger partial charge in [-0.2, -0.15) is 0 Å². The molecule has 2 rings (SSSR count). The Morgan fingerprint density at radius 2 is 2.38 bits per heavy atom. The molecule has 1 aromatic heterocycles. The molecule has 4 nitrogen and oxygen atoms in total. The molecule has 0 saturated heterocycles. The zero-order chi connectivity index (χ0) is 11.8. The molecule has 0 spiro atoms. The first-order valence-corrected chi connectivity index (χ1v) is 5.56. The molecule has 4 heteroatoms. The molecule has 0 radical (unpaired) electrons. The minimum atomic E-state index is -1.10. The summed E-state index contributed by atoms with van der Waals surface area (Å²) in [5, 5.41) is 19.5. The summed E-state index contributed by atoms with van der Waals surface area (Å²) >= 11 is 0. The normalized spacial score (nSPS) is 30.2. The summed E-state index contributed by atoms with van der Waals surface area (Å²) in [5.41, 5.74) is -1.02. The number of aliphatic hydroxyl groups is 1. The van der Waals surface area contributed by atoms with Crippen LogP contribution in [0.2, 0.25) is 0 Å². The van der Waals surface area contributed by atoms with Crippen LogP contribution in [0.3, 0.4) is 0 Å². The molecule has 0 aromatic carbocycles. The molecule has 1 saturated carbocycles. The Hall–Kier alpha value is -1.29. The van der Waals surface area contributed by atoms with E-state index in [0.29, 0.717) is 18.8 Å². The van der Waals surface area contributed by atoms with Gasteiger partial charge in [0, 0.05) is 0 Å². The van der Waals surface area contributed by atoms with Gasteiger partial charge in [-0.3, -0.25) is 0 Å².